The second-order valence-corrected chi connectivity index (χ2v) is 4.94. The molecule has 1 unspecified atom stereocenters. The largest absolute Gasteiger partial charge is 0.453 e. The number of carbonyl (C=O) groups is 1. The van der Waals surface area contributed by atoms with E-state index in [1.807, 2.05) is 4.90 Å². The summed E-state index contributed by atoms with van der Waals surface area (Å²) in [6.45, 7) is 1.18. The molecule has 1 atom stereocenters. The van der Waals surface area contributed by atoms with Crippen LogP contribution in [-0.2, 0) is 4.74 Å². The van der Waals surface area contributed by atoms with Gasteiger partial charge in [-0.3, -0.25) is 0 Å². The Bertz CT molecular complexity index is 458. The lowest BCUT2D eigenvalue weighted by molar-refractivity contribution is 0.167. The van der Waals surface area contributed by atoms with E-state index in [0.29, 0.717) is 23.4 Å². The highest BCUT2D eigenvalue weighted by Gasteiger charge is 2.26. The van der Waals surface area contributed by atoms with Crippen LogP contribution >= 0.6 is 15.9 Å². The minimum absolute atomic E-state index is 0.0395. The van der Waals surface area contributed by atoms with Crippen LogP contribution in [0.25, 0.3) is 0 Å². The van der Waals surface area contributed by atoms with E-state index in [4.69, 9.17) is 0 Å². The predicted molar refractivity (Wildman–Crippen MR) is 68.1 cm³/mol. The van der Waals surface area contributed by atoms with E-state index in [1.54, 1.807) is 6.20 Å². The van der Waals surface area contributed by atoms with Gasteiger partial charge in [0.25, 0.3) is 0 Å². The number of pyridine rings is 1. The third-order valence-corrected chi connectivity index (χ3v) is 3.22. The molecule has 5 nitrogen and oxygen atoms in total. The second kappa shape index (κ2) is 5.51. The number of carbonyl (C=O) groups excluding carboxylic acids is 1. The van der Waals surface area contributed by atoms with Crippen LogP contribution in [0.4, 0.5) is 15.0 Å². The summed E-state index contributed by atoms with van der Waals surface area (Å²) in [5.41, 5.74) is 0. The number of ether oxygens (including phenoxy) is 1. The van der Waals surface area contributed by atoms with Crippen LogP contribution in [0.5, 0.6) is 0 Å². The molecule has 98 valence electrons. The van der Waals surface area contributed by atoms with Crippen molar-refractivity contribution in [2.45, 2.75) is 12.5 Å². The normalized spacial score (nSPS) is 18.8. The first-order chi connectivity index (χ1) is 8.60. The van der Waals surface area contributed by atoms with Crippen molar-refractivity contribution in [2.24, 2.45) is 0 Å². The van der Waals surface area contributed by atoms with Gasteiger partial charge in [-0.1, -0.05) is 0 Å². The van der Waals surface area contributed by atoms with Crippen LogP contribution in [0.15, 0.2) is 16.7 Å². The van der Waals surface area contributed by atoms with E-state index in [0.717, 1.165) is 6.42 Å². The summed E-state index contributed by atoms with van der Waals surface area (Å²) >= 11 is 3.16. The molecule has 1 aromatic heterocycles. The van der Waals surface area contributed by atoms with Gasteiger partial charge in [-0.15, -0.1) is 0 Å². The standard InChI is InChI=1S/C11H13BrFN3O2/c1-18-11(17)15-8-2-3-16(6-8)10-9(13)4-7(12)5-14-10/h4-5,8H,2-3,6H2,1H3,(H,15,17). The van der Waals surface area contributed by atoms with Crippen molar-refractivity contribution in [1.29, 1.82) is 0 Å². The van der Waals surface area contributed by atoms with Gasteiger partial charge >= 0.3 is 6.09 Å². The van der Waals surface area contributed by atoms with Crippen molar-refractivity contribution in [3.8, 4) is 0 Å². The zero-order chi connectivity index (χ0) is 13.1. The average molecular weight is 318 g/mol. The van der Waals surface area contributed by atoms with Crippen molar-refractivity contribution in [1.82, 2.24) is 10.3 Å². The second-order valence-electron chi connectivity index (χ2n) is 4.03. The quantitative estimate of drug-likeness (QED) is 0.905. The van der Waals surface area contributed by atoms with Gasteiger partial charge in [-0.05, 0) is 28.4 Å². The molecule has 0 saturated carbocycles. The topological polar surface area (TPSA) is 54.5 Å². The predicted octanol–water partition coefficient (Wildman–Crippen LogP) is 1.92. The third kappa shape index (κ3) is 2.90. The molecule has 1 aliphatic rings. The van der Waals surface area contributed by atoms with Crippen LogP contribution in [-0.4, -0.2) is 37.3 Å². The maximum absolute atomic E-state index is 13.7. The molecule has 1 amide bonds. The number of rotatable bonds is 2. The molecule has 2 rings (SSSR count). The molecular formula is C11H13BrFN3O2. The van der Waals surface area contributed by atoms with Crippen LogP contribution in [0, 0.1) is 5.82 Å². The summed E-state index contributed by atoms with van der Waals surface area (Å²) < 4.78 is 18.8. The molecule has 1 saturated heterocycles. The number of aromatic nitrogens is 1. The van der Waals surface area contributed by atoms with Gasteiger partial charge in [-0.25, -0.2) is 14.2 Å². The first-order valence-electron chi connectivity index (χ1n) is 5.50. The Morgan fingerprint density at radius 1 is 1.72 bits per heavy atom. The molecule has 18 heavy (non-hydrogen) atoms. The Morgan fingerprint density at radius 3 is 3.17 bits per heavy atom. The van der Waals surface area contributed by atoms with Gasteiger partial charge in [0.1, 0.15) is 0 Å². The summed E-state index contributed by atoms with van der Waals surface area (Å²) in [6, 6.07) is 1.34. The number of amides is 1. The van der Waals surface area contributed by atoms with Crippen LogP contribution < -0.4 is 10.2 Å². The van der Waals surface area contributed by atoms with Gasteiger partial charge in [-0.2, -0.15) is 0 Å². The van der Waals surface area contributed by atoms with Gasteiger partial charge in [0.15, 0.2) is 11.6 Å². The smallest absolute Gasteiger partial charge is 0.407 e. The van der Waals surface area contributed by atoms with E-state index < -0.39 is 6.09 Å². The van der Waals surface area contributed by atoms with E-state index in [9.17, 15) is 9.18 Å². The van der Waals surface area contributed by atoms with E-state index >= 15 is 0 Å². The molecule has 7 heteroatoms. The number of anilines is 1. The van der Waals surface area contributed by atoms with E-state index in [1.165, 1.54) is 13.2 Å². The van der Waals surface area contributed by atoms with Crippen molar-refractivity contribution in [3.63, 3.8) is 0 Å². The van der Waals surface area contributed by atoms with Crippen LogP contribution in [0.2, 0.25) is 0 Å². The molecule has 0 aromatic carbocycles. The fraction of sp³-hybridized carbons (Fsp3) is 0.455. The Morgan fingerprint density at radius 2 is 2.50 bits per heavy atom. The number of halogens is 2. The number of nitrogens with zero attached hydrogens (tertiary/aromatic N) is 2. The molecule has 0 radical (unpaired) electrons. The first kappa shape index (κ1) is 13.1. The molecule has 0 bridgehead atoms. The maximum atomic E-state index is 13.7. The lowest BCUT2D eigenvalue weighted by Crippen LogP contribution is -2.37. The van der Waals surface area contributed by atoms with Crippen LogP contribution in [0.1, 0.15) is 6.42 Å². The number of methoxy groups -OCH3 is 1. The molecule has 2 heterocycles. The molecule has 1 aromatic rings. The molecule has 1 fully saturated rings. The molecular weight excluding hydrogens is 305 g/mol. The number of hydrogen-bond donors (Lipinski definition) is 1. The SMILES string of the molecule is COC(=O)NC1CCN(c2ncc(Br)cc2F)C1. The summed E-state index contributed by atoms with van der Waals surface area (Å²) in [5, 5.41) is 2.70. The minimum atomic E-state index is -0.467. The Kier molecular flexibility index (Phi) is 4.00. The van der Waals surface area contributed by atoms with Crippen molar-refractivity contribution in [2.75, 3.05) is 25.1 Å². The molecule has 0 aliphatic carbocycles. The van der Waals surface area contributed by atoms with Gasteiger partial charge in [0.05, 0.1) is 13.2 Å². The lowest BCUT2D eigenvalue weighted by atomic mass is 10.3. The van der Waals surface area contributed by atoms with Crippen molar-refractivity contribution < 1.29 is 13.9 Å². The summed E-state index contributed by atoms with van der Waals surface area (Å²) in [7, 11) is 1.32. The lowest BCUT2D eigenvalue weighted by Gasteiger charge is -2.18. The summed E-state index contributed by atoms with van der Waals surface area (Å²) in [6.07, 6.45) is 1.83. The third-order valence-electron chi connectivity index (χ3n) is 2.78. The highest BCUT2D eigenvalue weighted by atomic mass is 79.9. The van der Waals surface area contributed by atoms with E-state index in [2.05, 4.69) is 31.0 Å². The van der Waals surface area contributed by atoms with Crippen molar-refractivity contribution >= 4 is 27.8 Å². The minimum Gasteiger partial charge on any atom is -0.453 e. The fourth-order valence-electron chi connectivity index (χ4n) is 1.94. The Hall–Kier alpha value is -1.37. The highest BCUT2D eigenvalue weighted by molar-refractivity contribution is 9.10. The zero-order valence-corrected chi connectivity index (χ0v) is 11.4. The van der Waals surface area contributed by atoms with Crippen LogP contribution in [0.3, 0.4) is 0 Å². The maximum Gasteiger partial charge on any atom is 0.407 e. The zero-order valence-electron chi connectivity index (χ0n) is 9.82. The van der Waals surface area contributed by atoms with Gasteiger partial charge in [0, 0.05) is 23.8 Å². The molecule has 1 N–H and O–H groups in total. The molecule has 1 aliphatic heterocycles. The van der Waals surface area contributed by atoms with E-state index in [-0.39, 0.29) is 11.9 Å². The summed E-state index contributed by atoms with van der Waals surface area (Å²) in [4.78, 5) is 16.9. The average Bonchev–Trinajstić information content (AvgIpc) is 2.77. The van der Waals surface area contributed by atoms with Crippen molar-refractivity contribution in [3.05, 3.63) is 22.6 Å². The van der Waals surface area contributed by atoms with Gasteiger partial charge in [0.2, 0.25) is 0 Å². The summed E-state index contributed by atoms with van der Waals surface area (Å²) in [5.74, 6) is -0.0598. The first-order valence-corrected chi connectivity index (χ1v) is 6.30. The fourth-order valence-corrected chi connectivity index (χ4v) is 2.24. The Balaban J connectivity index is 2.02. The molecule has 0 spiro atoms. The van der Waals surface area contributed by atoms with Gasteiger partial charge < -0.3 is 15.0 Å². The number of nitrogens with one attached hydrogen (secondary N) is 1. The monoisotopic (exact) mass is 317 g/mol. The highest BCUT2D eigenvalue weighted by Crippen LogP contribution is 2.23. The Labute approximate surface area is 112 Å². The number of hydrogen-bond acceptors (Lipinski definition) is 4. The number of alkyl carbamates (subject to hydrolysis) is 1.